The Bertz CT molecular complexity index is 1420. The van der Waals surface area contributed by atoms with Crippen LogP contribution >= 0.6 is 0 Å². The van der Waals surface area contributed by atoms with Crippen molar-refractivity contribution >= 4 is 11.9 Å². The second-order valence-electron chi connectivity index (χ2n) is 8.36. The number of benzene rings is 2. The van der Waals surface area contributed by atoms with E-state index < -0.39 is 29.2 Å². The molecule has 1 aliphatic rings. The predicted octanol–water partition coefficient (Wildman–Crippen LogP) is 5.59. The molecule has 1 atom stereocenters. The zero-order valence-corrected chi connectivity index (χ0v) is 19.0. The van der Waals surface area contributed by atoms with E-state index in [0.717, 1.165) is 23.5 Å². The van der Waals surface area contributed by atoms with Crippen LogP contribution in [0.25, 0.3) is 17.6 Å². The Morgan fingerprint density at radius 2 is 1.91 bits per heavy atom. The summed E-state index contributed by atoms with van der Waals surface area (Å²) in [7, 11) is 1.53. The van der Waals surface area contributed by atoms with Crippen LogP contribution in [-0.4, -0.2) is 31.4 Å². The minimum absolute atomic E-state index is 0.136. The molecule has 0 saturated carbocycles. The van der Waals surface area contributed by atoms with Crippen molar-refractivity contribution in [1.82, 2.24) is 24.3 Å². The van der Waals surface area contributed by atoms with E-state index in [0.29, 0.717) is 36.5 Å². The van der Waals surface area contributed by atoms with Crippen LogP contribution in [0.2, 0.25) is 0 Å². The largest absolute Gasteiger partial charge is 0.495 e. The highest BCUT2D eigenvalue weighted by Gasteiger charge is 2.28. The molecule has 10 heteroatoms. The normalized spacial score (nSPS) is 15.8. The minimum atomic E-state index is -1.52. The first-order chi connectivity index (χ1) is 16.8. The first-order valence-electron chi connectivity index (χ1n) is 11.0. The van der Waals surface area contributed by atoms with Gasteiger partial charge in [0.05, 0.1) is 24.8 Å². The van der Waals surface area contributed by atoms with Gasteiger partial charge in [-0.2, -0.15) is 0 Å². The number of ether oxygens (including phenoxy) is 1. The van der Waals surface area contributed by atoms with Gasteiger partial charge in [-0.25, -0.2) is 32.2 Å². The summed E-state index contributed by atoms with van der Waals surface area (Å²) >= 11 is 0. The van der Waals surface area contributed by atoms with Crippen LogP contribution in [-0.2, 0) is 6.54 Å². The molecule has 5 rings (SSSR count). The standard InChI is InChI=1S/C25H21F4N5O/c1-14-12-33(13-30-14)21-6-5-15(9-22(21)35-2)8-20(28)24-31-25-17(4-3-7-34(25)32-24)16-10-18(26)23(29)19(27)11-16/h5-6,8-13,17H,3-4,7H2,1-2H3/b20-8-/t17-/m1/s1. The van der Waals surface area contributed by atoms with Gasteiger partial charge in [-0.15, -0.1) is 5.10 Å². The number of halogens is 4. The summed E-state index contributed by atoms with van der Waals surface area (Å²) in [6.07, 6.45) is 5.99. The van der Waals surface area contributed by atoms with Gasteiger partial charge in [0.2, 0.25) is 5.82 Å². The van der Waals surface area contributed by atoms with Crippen molar-refractivity contribution in [2.24, 2.45) is 0 Å². The van der Waals surface area contributed by atoms with Crippen molar-refractivity contribution in [1.29, 1.82) is 0 Å². The van der Waals surface area contributed by atoms with Crippen molar-refractivity contribution in [3.63, 3.8) is 0 Å². The number of fused-ring (bicyclic) bond motifs is 1. The quantitative estimate of drug-likeness (QED) is 0.274. The maximum Gasteiger partial charge on any atom is 0.210 e. The Morgan fingerprint density at radius 3 is 2.60 bits per heavy atom. The van der Waals surface area contributed by atoms with Crippen LogP contribution in [0.15, 0.2) is 42.9 Å². The lowest BCUT2D eigenvalue weighted by atomic mass is 9.91. The van der Waals surface area contributed by atoms with Gasteiger partial charge >= 0.3 is 0 Å². The molecule has 6 nitrogen and oxygen atoms in total. The molecular formula is C25H21F4N5O. The molecule has 3 heterocycles. The van der Waals surface area contributed by atoms with Crippen molar-refractivity contribution in [3.8, 4) is 11.4 Å². The van der Waals surface area contributed by atoms with Crippen molar-refractivity contribution in [2.75, 3.05) is 7.11 Å². The third-order valence-electron chi connectivity index (χ3n) is 5.98. The van der Waals surface area contributed by atoms with Crippen LogP contribution in [0.1, 0.15) is 47.2 Å². The molecule has 2 aromatic heterocycles. The van der Waals surface area contributed by atoms with Crippen LogP contribution < -0.4 is 4.74 Å². The molecule has 0 spiro atoms. The number of hydrogen-bond donors (Lipinski definition) is 0. The smallest absolute Gasteiger partial charge is 0.210 e. The maximum absolute atomic E-state index is 15.2. The molecule has 0 aliphatic carbocycles. The Hall–Kier alpha value is -3.95. The highest BCUT2D eigenvalue weighted by atomic mass is 19.2. The highest BCUT2D eigenvalue weighted by Crippen LogP contribution is 2.35. The molecule has 2 aromatic carbocycles. The average molecular weight is 483 g/mol. The van der Waals surface area contributed by atoms with Crippen LogP contribution in [0.3, 0.4) is 0 Å². The van der Waals surface area contributed by atoms with E-state index in [4.69, 9.17) is 4.74 Å². The fourth-order valence-electron chi connectivity index (χ4n) is 4.31. The Morgan fingerprint density at radius 1 is 1.14 bits per heavy atom. The molecule has 0 saturated heterocycles. The number of aromatic nitrogens is 5. The number of rotatable bonds is 5. The molecule has 0 N–H and O–H groups in total. The van der Waals surface area contributed by atoms with Gasteiger partial charge in [-0.05, 0) is 61.2 Å². The lowest BCUT2D eigenvalue weighted by molar-refractivity contribution is 0.413. The van der Waals surface area contributed by atoms with Crippen molar-refractivity contribution in [3.05, 3.63) is 88.8 Å². The first kappa shape index (κ1) is 22.8. The number of aryl methyl sites for hydroxylation is 2. The minimum Gasteiger partial charge on any atom is -0.495 e. The van der Waals surface area contributed by atoms with Gasteiger partial charge in [0, 0.05) is 18.7 Å². The number of methoxy groups -OCH3 is 1. The van der Waals surface area contributed by atoms with Gasteiger partial charge in [0.15, 0.2) is 23.3 Å². The van der Waals surface area contributed by atoms with Crippen molar-refractivity contribution in [2.45, 2.75) is 32.2 Å². The molecule has 0 bridgehead atoms. The summed E-state index contributed by atoms with van der Waals surface area (Å²) in [6.45, 7) is 2.37. The molecule has 0 amide bonds. The second kappa shape index (κ2) is 9.01. The lowest BCUT2D eigenvalue weighted by Gasteiger charge is -2.22. The molecule has 0 radical (unpaired) electrons. The highest BCUT2D eigenvalue weighted by molar-refractivity contribution is 5.75. The SMILES string of the molecule is COc1cc(/C=C(\F)c2nc3n(n2)CCC[C@@H]3c2cc(F)c(F)c(F)c2)ccc1-n1cnc(C)c1. The van der Waals surface area contributed by atoms with Crippen molar-refractivity contribution < 1.29 is 22.3 Å². The van der Waals surface area contributed by atoms with Crippen LogP contribution in [0, 0.1) is 24.4 Å². The van der Waals surface area contributed by atoms with Gasteiger partial charge in [-0.3, -0.25) is 0 Å². The van der Waals surface area contributed by atoms with Gasteiger partial charge in [0.25, 0.3) is 0 Å². The van der Waals surface area contributed by atoms with Gasteiger partial charge in [0.1, 0.15) is 11.6 Å². The molecule has 35 heavy (non-hydrogen) atoms. The lowest BCUT2D eigenvalue weighted by Crippen LogP contribution is -2.18. The predicted molar refractivity (Wildman–Crippen MR) is 121 cm³/mol. The Balaban J connectivity index is 1.46. The molecule has 4 aromatic rings. The summed E-state index contributed by atoms with van der Waals surface area (Å²) in [5.41, 5.74) is 2.37. The number of hydrogen-bond acceptors (Lipinski definition) is 4. The molecule has 1 aliphatic heterocycles. The molecule has 180 valence electrons. The fourth-order valence-corrected chi connectivity index (χ4v) is 4.31. The van der Waals surface area contributed by atoms with Gasteiger partial charge < -0.3 is 9.30 Å². The zero-order chi connectivity index (χ0) is 24.7. The Kier molecular flexibility index (Phi) is 5.88. The van der Waals surface area contributed by atoms with Crippen LogP contribution in [0.5, 0.6) is 5.75 Å². The maximum atomic E-state index is 15.2. The fraction of sp³-hybridized carbons (Fsp3) is 0.240. The van der Waals surface area contributed by atoms with Gasteiger partial charge in [-0.1, -0.05) is 6.07 Å². The van der Waals surface area contributed by atoms with Crippen LogP contribution in [0.4, 0.5) is 17.6 Å². The summed E-state index contributed by atoms with van der Waals surface area (Å²) < 4.78 is 65.0. The second-order valence-corrected chi connectivity index (χ2v) is 8.36. The third kappa shape index (κ3) is 4.31. The van der Waals surface area contributed by atoms with E-state index in [1.165, 1.54) is 17.9 Å². The van der Waals surface area contributed by atoms with E-state index in [9.17, 15) is 13.2 Å². The monoisotopic (exact) mass is 483 g/mol. The number of imidazole rings is 1. The molecule has 0 fully saturated rings. The topological polar surface area (TPSA) is 57.8 Å². The van der Waals surface area contributed by atoms with E-state index in [1.54, 1.807) is 24.5 Å². The molecular weight excluding hydrogens is 462 g/mol. The van der Waals surface area contributed by atoms with E-state index >= 15 is 4.39 Å². The summed E-state index contributed by atoms with van der Waals surface area (Å²) in [5.74, 6) is -4.49. The summed E-state index contributed by atoms with van der Waals surface area (Å²) in [4.78, 5) is 8.53. The van der Waals surface area contributed by atoms with E-state index in [2.05, 4.69) is 15.1 Å². The van der Waals surface area contributed by atoms with E-state index in [-0.39, 0.29) is 11.4 Å². The van der Waals surface area contributed by atoms with E-state index in [1.807, 2.05) is 17.7 Å². The number of nitrogens with zero attached hydrogens (tertiary/aromatic N) is 5. The first-order valence-corrected chi connectivity index (χ1v) is 11.0. The zero-order valence-electron chi connectivity index (χ0n) is 19.0. The summed E-state index contributed by atoms with van der Waals surface area (Å²) in [6, 6.07) is 7.12. The Labute approximate surface area is 198 Å². The third-order valence-corrected chi connectivity index (χ3v) is 5.98. The summed E-state index contributed by atoms with van der Waals surface area (Å²) in [5, 5.41) is 4.25. The molecule has 0 unspecified atom stereocenters. The average Bonchev–Trinajstić information content (AvgIpc) is 3.48.